The van der Waals surface area contributed by atoms with E-state index in [1.165, 1.54) is 24.5 Å². The van der Waals surface area contributed by atoms with Crippen molar-refractivity contribution in [3.63, 3.8) is 0 Å². The minimum Gasteiger partial charge on any atom is -0.491 e. The van der Waals surface area contributed by atoms with E-state index < -0.39 is 17.6 Å². The van der Waals surface area contributed by atoms with Gasteiger partial charge in [-0.25, -0.2) is 14.4 Å². The van der Waals surface area contributed by atoms with Crippen LogP contribution in [0.1, 0.15) is 38.3 Å². The van der Waals surface area contributed by atoms with Crippen molar-refractivity contribution in [2.75, 3.05) is 25.1 Å². The van der Waals surface area contributed by atoms with Gasteiger partial charge in [0.05, 0.1) is 22.7 Å². The number of hydrogen-bond donors (Lipinski definition) is 2. The summed E-state index contributed by atoms with van der Waals surface area (Å²) in [7, 11) is 0. The summed E-state index contributed by atoms with van der Waals surface area (Å²) in [5, 5.41) is 6.64. The zero-order valence-electron chi connectivity index (χ0n) is 32.0. The summed E-state index contributed by atoms with van der Waals surface area (Å²) in [4.78, 5) is 45.4. The Morgan fingerprint density at radius 1 is 0.683 bits per heavy atom. The first-order chi connectivity index (χ1) is 29.3. The van der Waals surface area contributed by atoms with E-state index in [0.29, 0.717) is 53.4 Å². The highest BCUT2D eigenvalue weighted by Crippen LogP contribution is 2.34. The summed E-state index contributed by atoms with van der Waals surface area (Å²) in [5.41, 5.74) is 5.25. The number of hydrogen-bond acceptors (Lipinski definition) is 10. The second kappa shape index (κ2) is 18.2. The lowest BCUT2D eigenvalue weighted by Gasteiger charge is -2.17. The summed E-state index contributed by atoms with van der Waals surface area (Å²) < 4.78 is 37.1. The first kappa shape index (κ1) is 39.7. The molecule has 0 saturated heterocycles. The monoisotopic (exact) mass is 822 g/mol. The van der Waals surface area contributed by atoms with Gasteiger partial charge in [0.2, 0.25) is 0 Å². The number of aryl methyl sites for hydroxylation is 1. The van der Waals surface area contributed by atoms with Crippen LogP contribution in [0.2, 0.25) is 5.02 Å². The molecule has 0 fully saturated rings. The van der Waals surface area contributed by atoms with Crippen LogP contribution in [-0.2, 0) is 22.6 Å². The lowest BCUT2D eigenvalue weighted by atomic mass is 9.98. The van der Waals surface area contributed by atoms with Gasteiger partial charge in [-0.3, -0.25) is 19.7 Å². The lowest BCUT2D eigenvalue weighted by molar-refractivity contribution is -0.116. The lowest BCUT2D eigenvalue weighted by Crippen LogP contribution is -2.42. The van der Waals surface area contributed by atoms with Crippen molar-refractivity contribution in [2.45, 2.75) is 19.4 Å². The standard InChI is InChI=1S/C47H36ClFN4O7/c48-39-26-34(15-19-41(39)59-27-30-6-1-8-33(49)23-30)52-45-38-25-32(14-18-40(38)50-28-51-45)31-12-16-35(17-13-31)58-22-21-57-20-4-7-29-5-2-9-36(24-29)60-42-11-3-10-37-43(42)46(55)53-47(56)44(37)54/h1-3,5-6,8-19,23-26,28H,4,7,20-22,27H2,(H,50,51,52)(H,53,55,56). The fourth-order valence-electron chi connectivity index (χ4n) is 6.67. The van der Waals surface area contributed by atoms with E-state index in [-0.39, 0.29) is 29.3 Å². The topological polar surface area (TPSA) is 138 Å². The smallest absolute Gasteiger partial charge is 0.299 e. The number of ketones is 1. The Bertz CT molecular complexity index is 2730. The van der Waals surface area contributed by atoms with Crippen molar-refractivity contribution in [2.24, 2.45) is 0 Å². The molecule has 60 heavy (non-hydrogen) atoms. The van der Waals surface area contributed by atoms with Gasteiger partial charge >= 0.3 is 0 Å². The predicted molar refractivity (Wildman–Crippen MR) is 225 cm³/mol. The van der Waals surface area contributed by atoms with Gasteiger partial charge in [-0.05, 0) is 114 Å². The quantitative estimate of drug-likeness (QED) is 0.0551. The molecule has 0 bridgehead atoms. The maximum Gasteiger partial charge on any atom is 0.299 e. The number of halogens is 2. The molecule has 0 unspecified atom stereocenters. The number of rotatable bonds is 16. The largest absolute Gasteiger partial charge is 0.491 e. The van der Waals surface area contributed by atoms with E-state index in [4.69, 9.17) is 30.5 Å². The summed E-state index contributed by atoms with van der Waals surface area (Å²) in [6.07, 6.45) is 3.00. The Morgan fingerprint density at radius 2 is 1.50 bits per heavy atom. The van der Waals surface area contributed by atoms with E-state index in [2.05, 4.69) is 20.6 Å². The molecule has 0 atom stereocenters. The molecule has 6 aromatic carbocycles. The fraction of sp³-hybridized carbons (Fsp3) is 0.128. The van der Waals surface area contributed by atoms with Crippen LogP contribution in [0.3, 0.4) is 0 Å². The molecule has 13 heteroatoms. The second-order valence-corrected chi connectivity index (χ2v) is 14.2. The van der Waals surface area contributed by atoms with Crippen LogP contribution in [0.4, 0.5) is 15.9 Å². The molecule has 8 rings (SSSR count). The molecule has 0 saturated carbocycles. The molecule has 0 spiro atoms. The van der Waals surface area contributed by atoms with Gasteiger partial charge in [0.15, 0.2) is 0 Å². The van der Waals surface area contributed by atoms with Gasteiger partial charge in [0.1, 0.15) is 54.2 Å². The van der Waals surface area contributed by atoms with Crippen LogP contribution in [-0.4, -0.2) is 47.4 Å². The minimum absolute atomic E-state index is 0.0243. The molecule has 2 amide bonds. The number of carbonyl (C=O) groups excluding carboxylic acids is 3. The Hall–Kier alpha value is -7.15. The second-order valence-electron chi connectivity index (χ2n) is 13.8. The molecule has 1 aliphatic heterocycles. The molecular formula is C47H36ClFN4O7. The fourth-order valence-corrected chi connectivity index (χ4v) is 6.91. The number of benzene rings is 6. The van der Waals surface area contributed by atoms with Crippen LogP contribution in [0.25, 0.3) is 22.0 Å². The number of ether oxygens (including phenoxy) is 4. The predicted octanol–water partition coefficient (Wildman–Crippen LogP) is 9.69. The van der Waals surface area contributed by atoms with Crippen molar-refractivity contribution < 1.29 is 37.7 Å². The highest BCUT2D eigenvalue weighted by atomic mass is 35.5. The number of imide groups is 1. The Kier molecular flexibility index (Phi) is 12.0. The van der Waals surface area contributed by atoms with Crippen LogP contribution >= 0.6 is 11.6 Å². The Labute approximate surface area is 349 Å². The van der Waals surface area contributed by atoms with Gasteiger partial charge in [-0.15, -0.1) is 0 Å². The van der Waals surface area contributed by atoms with E-state index in [1.54, 1.807) is 42.5 Å². The van der Waals surface area contributed by atoms with Crippen LogP contribution in [0.5, 0.6) is 23.0 Å². The van der Waals surface area contributed by atoms with E-state index in [1.807, 2.05) is 66.7 Å². The molecule has 1 aliphatic rings. The summed E-state index contributed by atoms with van der Waals surface area (Å²) >= 11 is 6.54. The number of anilines is 2. The zero-order chi connectivity index (χ0) is 41.4. The van der Waals surface area contributed by atoms with E-state index in [9.17, 15) is 18.8 Å². The van der Waals surface area contributed by atoms with Crippen molar-refractivity contribution in [1.82, 2.24) is 15.3 Å². The number of fused-ring (bicyclic) bond motifs is 2. The number of nitrogens with one attached hydrogen (secondary N) is 2. The Balaban J connectivity index is 0.799. The highest BCUT2D eigenvalue weighted by molar-refractivity contribution is 6.49. The minimum atomic E-state index is -0.950. The van der Waals surface area contributed by atoms with E-state index >= 15 is 0 Å². The zero-order valence-corrected chi connectivity index (χ0v) is 32.7. The maximum absolute atomic E-state index is 13.6. The van der Waals surface area contributed by atoms with Crippen molar-refractivity contribution >= 4 is 51.6 Å². The number of nitrogens with zero attached hydrogens (tertiary/aromatic N) is 2. The molecule has 0 aliphatic carbocycles. The van der Waals surface area contributed by atoms with Gasteiger partial charge in [-0.2, -0.15) is 0 Å². The van der Waals surface area contributed by atoms with Crippen LogP contribution in [0, 0.1) is 5.82 Å². The third-order valence-electron chi connectivity index (χ3n) is 9.61. The molecule has 11 nitrogen and oxygen atoms in total. The average molecular weight is 823 g/mol. The number of amides is 2. The van der Waals surface area contributed by atoms with Crippen molar-refractivity contribution in [1.29, 1.82) is 0 Å². The molecule has 2 heterocycles. The van der Waals surface area contributed by atoms with Gasteiger partial charge in [0.25, 0.3) is 17.6 Å². The van der Waals surface area contributed by atoms with Crippen LogP contribution in [0.15, 0.2) is 134 Å². The van der Waals surface area contributed by atoms with Crippen LogP contribution < -0.4 is 24.8 Å². The first-order valence-corrected chi connectivity index (χ1v) is 19.4. The summed E-state index contributed by atoms with van der Waals surface area (Å²) in [6, 6.07) is 37.5. The summed E-state index contributed by atoms with van der Waals surface area (Å²) in [6.45, 7) is 1.52. The molecule has 0 radical (unpaired) electrons. The van der Waals surface area contributed by atoms with Crippen molar-refractivity contribution in [3.05, 3.63) is 167 Å². The van der Waals surface area contributed by atoms with Gasteiger partial charge < -0.3 is 24.3 Å². The SMILES string of the molecule is O=C1NC(=O)c2c(Oc3cccc(CCCOCCOc4ccc(-c5ccc6ncnc(Nc7ccc(OCc8cccc(F)c8)c(Cl)c7)c6c5)cc4)c3)cccc2C1=O. The molecule has 7 aromatic rings. The normalized spacial score (nSPS) is 12.2. The molecule has 300 valence electrons. The van der Waals surface area contributed by atoms with E-state index in [0.717, 1.165) is 46.2 Å². The first-order valence-electron chi connectivity index (χ1n) is 19.1. The number of carbonyl (C=O) groups is 3. The van der Waals surface area contributed by atoms with Gasteiger partial charge in [-0.1, -0.05) is 60.1 Å². The molecule has 1 aromatic heterocycles. The number of aromatic nitrogens is 2. The molecular weight excluding hydrogens is 787 g/mol. The number of Topliss-reactive ketones (excluding diaryl/α,β-unsaturated/α-hetero) is 1. The van der Waals surface area contributed by atoms with Gasteiger partial charge in [0, 0.05) is 23.2 Å². The van der Waals surface area contributed by atoms with Crippen molar-refractivity contribution in [3.8, 4) is 34.1 Å². The maximum atomic E-state index is 13.6. The Morgan fingerprint density at radius 3 is 2.35 bits per heavy atom. The third kappa shape index (κ3) is 9.42. The third-order valence-corrected chi connectivity index (χ3v) is 9.90. The molecule has 2 N–H and O–H groups in total. The highest BCUT2D eigenvalue weighted by Gasteiger charge is 2.33. The summed E-state index contributed by atoms with van der Waals surface area (Å²) in [5.74, 6) is -0.187. The average Bonchev–Trinajstić information content (AvgIpc) is 3.25.